The van der Waals surface area contributed by atoms with Gasteiger partial charge in [-0.25, -0.2) is 9.36 Å². The Kier molecular flexibility index (Phi) is 4.37. The van der Waals surface area contributed by atoms with E-state index in [0.717, 1.165) is 14.7 Å². The van der Waals surface area contributed by atoms with Gasteiger partial charge in [-0.3, -0.25) is 14.2 Å². The normalized spacial score (nSPS) is 16.4. The molecule has 3 heterocycles. The molecular weight excluding hydrogens is 430 g/mol. The number of aromatic nitrogens is 4. The molecule has 0 aliphatic carbocycles. The molecule has 10 heteroatoms. The van der Waals surface area contributed by atoms with Crippen LogP contribution in [0.5, 0.6) is 0 Å². The van der Waals surface area contributed by atoms with Crippen molar-refractivity contribution in [3.8, 4) is 0 Å². The van der Waals surface area contributed by atoms with Gasteiger partial charge in [-0.05, 0) is 30.2 Å². The smallest absolute Gasteiger partial charge is 0.333 e. The van der Waals surface area contributed by atoms with Crippen LogP contribution < -0.4 is 16.1 Å². The standard InChI is InChI=1S/C18H18BrN5O4/c1-10-7-22(12-5-3-11(19)4-6-12)17-20-15-14(23(17)8-10)16(27)24(9-13(25)26)18(28)21(15)2/h3-6,10H,7-9H2,1-2H3,(H,25,26)/t10-/m0/s1. The number of hydrogen-bond acceptors (Lipinski definition) is 5. The number of anilines is 2. The fraction of sp³-hybridized carbons (Fsp3) is 0.333. The first kappa shape index (κ1) is 18.5. The second-order valence-corrected chi connectivity index (χ2v) is 7.93. The van der Waals surface area contributed by atoms with Crippen molar-refractivity contribution in [2.45, 2.75) is 20.0 Å². The fourth-order valence-electron chi connectivity index (χ4n) is 3.62. The molecule has 9 nitrogen and oxygen atoms in total. The summed E-state index contributed by atoms with van der Waals surface area (Å²) in [7, 11) is 1.49. The zero-order valence-electron chi connectivity index (χ0n) is 15.3. The maximum absolute atomic E-state index is 13.0. The maximum Gasteiger partial charge on any atom is 0.333 e. The number of carboxylic acid groups (broad SMARTS) is 1. The summed E-state index contributed by atoms with van der Waals surface area (Å²) in [6.07, 6.45) is 0. The number of rotatable bonds is 3. The highest BCUT2D eigenvalue weighted by Crippen LogP contribution is 2.33. The van der Waals surface area contributed by atoms with Crippen molar-refractivity contribution in [2.24, 2.45) is 13.0 Å². The Balaban J connectivity index is 2.00. The summed E-state index contributed by atoms with van der Waals surface area (Å²) in [5, 5.41) is 9.08. The van der Waals surface area contributed by atoms with Crippen molar-refractivity contribution in [3.63, 3.8) is 0 Å². The number of benzene rings is 1. The minimum atomic E-state index is -1.25. The van der Waals surface area contributed by atoms with Gasteiger partial charge in [-0.15, -0.1) is 0 Å². The van der Waals surface area contributed by atoms with E-state index in [1.165, 1.54) is 11.6 Å². The highest BCUT2D eigenvalue weighted by atomic mass is 79.9. The highest BCUT2D eigenvalue weighted by Gasteiger charge is 2.30. The van der Waals surface area contributed by atoms with Crippen molar-refractivity contribution >= 4 is 44.7 Å². The lowest BCUT2D eigenvalue weighted by atomic mass is 10.1. The molecule has 0 fully saturated rings. The predicted molar refractivity (Wildman–Crippen MR) is 107 cm³/mol. The lowest BCUT2D eigenvalue weighted by Crippen LogP contribution is -2.41. The van der Waals surface area contributed by atoms with E-state index in [2.05, 4.69) is 27.8 Å². The molecule has 1 N–H and O–H groups in total. The average molecular weight is 448 g/mol. The number of halogens is 1. The van der Waals surface area contributed by atoms with Gasteiger partial charge in [-0.1, -0.05) is 22.9 Å². The van der Waals surface area contributed by atoms with Crippen molar-refractivity contribution in [1.29, 1.82) is 0 Å². The number of carboxylic acids is 1. The van der Waals surface area contributed by atoms with E-state index in [1.54, 1.807) is 4.57 Å². The molecule has 2 aromatic heterocycles. The van der Waals surface area contributed by atoms with E-state index in [4.69, 9.17) is 5.11 Å². The summed E-state index contributed by atoms with van der Waals surface area (Å²) in [6, 6.07) is 7.76. The van der Waals surface area contributed by atoms with E-state index >= 15 is 0 Å². The lowest BCUT2D eigenvalue weighted by molar-refractivity contribution is -0.137. The third-order valence-electron chi connectivity index (χ3n) is 4.87. The molecule has 0 spiro atoms. The molecule has 146 valence electrons. The van der Waals surface area contributed by atoms with Crippen molar-refractivity contribution < 1.29 is 9.90 Å². The van der Waals surface area contributed by atoms with Gasteiger partial charge in [-0.2, -0.15) is 4.98 Å². The zero-order chi connectivity index (χ0) is 20.2. The van der Waals surface area contributed by atoms with Gasteiger partial charge in [0.1, 0.15) is 6.54 Å². The van der Waals surface area contributed by atoms with E-state index in [-0.39, 0.29) is 17.1 Å². The van der Waals surface area contributed by atoms with Gasteiger partial charge >= 0.3 is 11.7 Å². The second-order valence-electron chi connectivity index (χ2n) is 7.01. The van der Waals surface area contributed by atoms with Crippen LogP contribution in [0.2, 0.25) is 0 Å². The van der Waals surface area contributed by atoms with Crippen LogP contribution in [0.15, 0.2) is 38.3 Å². The van der Waals surface area contributed by atoms with Crippen LogP contribution >= 0.6 is 15.9 Å². The van der Waals surface area contributed by atoms with Crippen LogP contribution in [-0.2, 0) is 24.9 Å². The molecule has 1 atom stereocenters. The second kappa shape index (κ2) is 6.62. The molecule has 0 saturated carbocycles. The molecule has 4 rings (SSSR count). The zero-order valence-corrected chi connectivity index (χ0v) is 16.9. The third kappa shape index (κ3) is 2.84. The predicted octanol–water partition coefficient (Wildman–Crippen LogP) is 1.53. The van der Waals surface area contributed by atoms with Crippen LogP contribution in [-0.4, -0.2) is 36.3 Å². The minimum Gasteiger partial charge on any atom is -0.480 e. The van der Waals surface area contributed by atoms with Crippen LogP contribution in [0, 0.1) is 5.92 Å². The highest BCUT2D eigenvalue weighted by molar-refractivity contribution is 9.10. The number of imidazole rings is 1. The molecular formula is C18H18BrN5O4. The minimum absolute atomic E-state index is 0.220. The van der Waals surface area contributed by atoms with Crippen LogP contribution in [0.4, 0.5) is 11.6 Å². The van der Waals surface area contributed by atoms with E-state index < -0.39 is 23.8 Å². The van der Waals surface area contributed by atoms with Gasteiger partial charge in [0.25, 0.3) is 5.56 Å². The van der Waals surface area contributed by atoms with E-state index in [1.807, 2.05) is 29.2 Å². The number of hydrogen-bond donors (Lipinski definition) is 1. The first-order valence-corrected chi connectivity index (χ1v) is 9.52. The van der Waals surface area contributed by atoms with E-state index in [0.29, 0.717) is 19.0 Å². The summed E-state index contributed by atoms with van der Waals surface area (Å²) >= 11 is 3.43. The molecule has 1 aromatic carbocycles. The monoisotopic (exact) mass is 447 g/mol. The summed E-state index contributed by atoms with van der Waals surface area (Å²) < 4.78 is 4.71. The Morgan fingerprint density at radius 3 is 2.57 bits per heavy atom. The molecule has 3 aromatic rings. The van der Waals surface area contributed by atoms with Crippen molar-refractivity contribution in [2.75, 3.05) is 11.4 Å². The lowest BCUT2D eigenvalue weighted by Gasteiger charge is -2.33. The fourth-order valence-corrected chi connectivity index (χ4v) is 3.88. The Bertz CT molecular complexity index is 1210. The quantitative estimate of drug-likeness (QED) is 0.652. The average Bonchev–Trinajstić information content (AvgIpc) is 3.03. The molecule has 28 heavy (non-hydrogen) atoms. The summed E-state index contributed by atoms with van der Waals surface area (Å²) in [6.45, 7) is 2.65. The number of carbonyl (C=O) groups is 1. The largest absolute Gasteiger partial charge is 0.480 e. The van der Waals surface area contributed by atoms with Crippen molar-refractivity contribution in [1.82, 2.24) is 18.7 Å². The summed E-state index contributed by atoms with van der Waals surface area (Å²) in [5.74, 6) is -0.463. The molecule has 0 bridgehead atoms. The summed E-state index contributed by atoms with van der Waals surface area (Å²) in [5.41, 5.74) is 0.0831. The molecule has 0 saturated heterocycles. The maximum atomic E-state index is 13.0. The molecule has 1 aliphatic heterocycles. The number of fused-ring (bicyclic) bond motifs is 3. The summed E-state index contributed by atoms with van der Waals surface area (Å²) in [4.78, 5) is 43.2. The van der Waals surface area contributed by atoms with E-state index in [9.17, 15) is 14.4 Å². The van der Waals surface area contributed by atoms with Gasteiger partial charge < -0.3 is 14.6 Å². The topological polar surface area (TPSA) is 102 Å². The van der Waals surface area contributed by atoms with Crippen molar-refractivity contribution in [3.05, 3.63) is 49.6 Å². The molecule has 1 aliphatic rings. The molecule has 0 radical (unpaired) electrons. The number of aryl methyl sites for hydroxylation is 1. The first-order chi connectivity index (χ1) is 13.3. The molecule has 0 amide bonds. The number of nitrogens with zero attached hydrogens (tertiary/aromatic N) is 5. The van der Waals surface area contributed by atoms with Gasteiger partial charge in [0.15, 0.2) is 11.2 Å². The Labute approximate surface area is 167 Å². The Hall–Kier alpha value is -2.88. The van der Waals surface area contributed by atoms with Gasteiger partial charge in [0, 0.05) is 30.3 Å². The van der Waals surface area contributed by atoms with Crippen LogP contribution in [0.25, 0.3) is 11.2 Å². The molecule has 0 unspecified atom stereocenters. The van der Waals surface area contributed by atoms with Gasteiger partial charge in [0.05, 0.1) is 0 Å². The van der Waals surface area contributed by atoms with Crippen LogP contribution in [0.3, 0.4) is 0 Å². The SMILES string of the molecule is C[C@H]1CN(c2ccc(Br)cc2)c2nc3c(c(=O)n(CC(=O)O)c(=O)n3C)n2C1. The first-order valence-electron chi connectivity index (χ1n) is 8.73. The third-order valence-corrected chi connectivity index (χ3v) is 5.40. The van der Waals surface area contributed by atoms with Crippen LogP contribution in [0.1, 0.15) is 6.92 Å². The van der Waals surface area contributed by atoms with Gasteiger partial charge in [0.2, 0.25) is 5.95 Å². The Morgan fingerprint density at radius 1 is 1.25 bits per heavy atom. The number of aliphatic carboxylic acids is 1. The Morgan fingerprint density at radius 2 is 1.93 bits per heavy atom.